The van der Waals surface area contributed by atoms with Gasteiger partial charge in [0.05, 0.1) is 11.5 Å². The quantitative estimate of drug-likeness (QED) is 0.592. The number of carbonyl (C=O) groups is 1. The zero-order valence-corrected chi connectivity index (χ0v) is 13.7. The molecule has 21 heavy (non-hydrogen) atoms. The monoisotopic (exact) mass is 319 g/mol. The molecule has 0 radical (unpaired) electrons. The van der Waals surface area contributed by atoms with Crippen molar-refractivity contribution in [1.82, 2.24) is 4.90 Å². The molecule has 1 N–H and O–H groups in total. The van der Waals surface area contributed by atoms with Gasteiger partial charge in [-0.1, -0.05) is 38.5 Å². The van der Waals surface area contributed by atoms with E-state index in [9.17, 15) is 13.2 Å². The van der Waals surface area contributed by atoms with Crippen LogP contribution in [0.4, 0.5) is 0 Å². The van der Waals surface area contributed by atoms with Crippen molar-refractivity contribution >= 4 is 15.8 Å². The maximum atomic E-state index is 11.3. The van der Waals surface area contributed by atoms with Crippen LogP contribution in [0.3, 0.4) is 0 Å². The molecule has 0 aromatic carbocycles. The fourth-order valence-corrected chi connectivity index (χ4v) is 3.92. The van der Waals surface area contributed by atoms with Crippen molar-refractivity contribution in [2.75, 3.05) is 31.1 Å². The summed E-state index contributed by atoms with van der Waals surface area (Å²) in [5.41, 5.74) is 0. The molecule has 0 atom stereocenters. The molecule has 0 amide bonds. The van der Waals surface area contributed by atoms with E-state index in [0.717, 1.165) is 32.2 Å². The molecule has 0 bridgehead atoms. The highest BCUT2D eigenvalue weighted by Gasteiger charge is 2.20. The predicted octanol–water partition coefficient (Wildman–Crippen LogP) is 2.31. The van der Waals surface area contributed by atoms with Gasteiger partial charge in [0.2, 0.25) is 0 Å². The lowest BCUT2D eigenvalue weighted by molar-refractivity contribution is -0.137. The van der Waals surface area contributed by atoms with Gasteiger partial charge in [0.1, 0.15) is 0 Å². The van der Waals surface area contributed by atoms with E-state index in [0.29, 0.717) is 31.0 Å². The standard InChI is InChI=1S/C15H29NO4S/c17-15(18)9-7-5-3-1-2-4-6-8-10-16-11-13-21(19,20)14-12-16/h1-14H2,(H,17,18). The molecule has 5 nitrogen and oxygen atoms in total. The van der Waals surface area contributed by atoms with Crippen LogP contribution in [0.5, 0.6) is 0 Å². The number of unbranched alkanes of at least 4 members (excludes halogenated alkanes) is 7. The molecule has 1 rings (SSSR count). The van der Waals surface area contributed by atoms with Crippen LogP contribution < -0.4 is 0 Å². The van der Waals surface area contributed by atoms with Gasteiger partial charge in [-0.3, -0.25) is 4.79 Å². The fraction of sp³-hybridized carbons (Fsp3) is 0.933. The molecule has 1 saturated heterocycles. The molecule has 0 aromatic heterocycles. The Morgan fingerprint density at radius 3 is 1.86 bits per heavy atom. The summed E-state index contributed by atoms with van der Waals surface area (Å²) in [6.07, 6.45) is 9.26. The number of sulfone groups is 1. The van der Waals surface area contributed by atoms with Gasteiger partial charge in [-0.15, -0.1) is 0 Å². The van der Waals surface area contributed by atoms with Crippen molar-refractivity contribution in [3.8, 4) is 0 Å². The van der Waals surface area contributed by atoms with E-state index in [4.69, 9.17) is 5.11 Å². The Kier molecular flexibility index (Phi) is 8.92. The maximum absolute atomic E-state index is 11.3. The van der Waals surface area contributed by atoms with E-state index in [1.54, 1.807) is 0 Å². The van der Waals surface area contributed by atoms with Gasteiger partial charge in [0, 0.05) is 19.5 Å². The largest absolute Gasteiger partial charge is 0.481 e. The molecule has 0 saturated carbocycles. The molecule has 1 fully saturated rings. The van der Waals surface area contributed by atoms with E-state index in [1.807, 2.05) is 0 Å². The number of rotatable bonds is 11. The second kappa shape index (κ2) is 10.2. The van der Waals surface area contributed by atoms with Gasteiger partial charge in [0.25, 0.3) is 0 Å². The van der Waals surface area contributed by atoms with E-state index in [2.05, 4.69) is 4.90 Å². The van der Waals surface area contributed by atoms with Crippen molar-refractivity contribution in [2.45, 2.75) is 57.8 Å². The van der Waals surface area contributed by atoms with Crippen LogP contribution in [0.25, 0.3) is 0 Å². The summed E-state index contributed by atoms with van der Waals surface area (Å²) >= 11 is 0. The second-order valence-electron chi connectivity index (χ2n) is 5.97. The molecule has 0 aromatic rings. The van der Waals surface area contributed by atoms with Crippen LogP contribution in [0, 0.1) is 0 Å². The van der Waals surface area contributed by atoms with Gasteiger partial charge in [-0.05, 0) is 19.4 Å². The van der Waals surface area contributed by atoms with Gasteiger partial charge in [0.15, 0.2) is 9.84 Å². The van der Waals surface area contributed by atoms with E-state index >= 15 is 0 Å². The maximum Gasteiger partial charge on any atom is 0.303 e. The molecular weight excluding hydrogens is 290 g/mol. The Hall–Kier alpha value is -0.620. The van der Waals surface area contributed by atoms with Crippen molar-refractivity contribution in [1.29, 1.82) is 0 Å². The first-order chi connectivity index (χ1) is 9.99. The van der Waals surface area contributed by atoms with Gasteiger partial charge < -0.3 is 10.0 Å². The van der Waals surface area contributed by atoms with Crippen LogP contribution >= 0.6 is 0 Å². The lowest BCUT2D eigenvalue weighted by Crippen LogP contribution is -2.40. The fourth-order valence-electron chi connectivity index (χ4n) is 2.65. The van der Waals surface area contributed by atoms with Crippen LogP contribution in [0.1, 0.15) is 57.8 Å². The van der Waals surface area contributed by atoms with Crippen molar-refractivity contribution in [3.63, 3.8) is 0 Å². The zero-order chi connectivity index (χ0) is 15.6. The Balaban J connectivity index is 1.84. The number of carboxylic acid groups (broad SMARTS) is 1. The lowest BCUT2D eigenvalue weighted by Gasteiger charge is -2.26. The Morgan fingerprint density at radius 1 is 0.857 bits per heavy atom. The van der Waals surface area contributed by atoms with Crippen molar-refractivity contribution in [2.24, 2.45) is 0 Å². The predicted molar refractivity (Wildman–Crippen MR) is 84.3 cm³/mol. The van der Waals surface area contributed by atoms with E-state index in [1.165, 1.54) is 25.7 Å². The molecule has 0 spiro atoms. The zero-order valence-electron chi connectivity index (χ0n) is 12.9. The highest BCUT2D eigenvalue weighted by atomic mass is 32.2. The summed E-state index contributed by atoms with van der Waals surface area (Å²) in [7, 11) is -2.75. The minimum absolute atomic E-state index is 0.297. The molecule has 0 unspecified atom stereocenters. The molecule has 1 aliphatic heterocycles. The molecule has 6 heteroatoms. The number of carboxylic acids is 1. The molecule has 0 aliphatic carbocycles. The summed E-state index contributed by atoms with van der Waals surface area (Å²) < 4.78 is 22.6. The van der Waals surface area contributed by atoms with Gasteiger partial charge in [-0.25, -0.2) is 8.42 Å². The summed E-state index contributed by atoms with van der Waals surface area (Å²) in [6.45, 7) is 2.42. The third kappa shape index (κ3) is 9.85. The average Bonchev–Trinajstić information content (AvgIpc) is 2.42. The average molecular weight is 319 g/mol. The number of hydrogen-bond acceptors (Lipinski definition) is 4. The van der Waals surface area contributed by atoms with Crippen LogP contribution in [-0.2, 0) is 14.6 Å². The molecular formula is C15H29NO4S. The Labute approximate surface area is 128 Å². The normalized spacial score (nSPS) is 18.7. The minimum Gasteiger partial charge on any atom is -0.481 e. The van der Waals surface area contributed by atoms with Crippen LogP contribution in [0.2, 0.25) is 0 Å². The van der Waals surface area contributed by atoms with E-state index < -0.39 is 15.8 Å². The van der Waals surface area contributed by atoms with Crippen LogP contribution in [-0.4, -0.2) is 55.5 Å². The van der Waals surface area contributed by atoms with E-state index in [-0.39, 0.29) is 0 Å². The number of nitrogens with zero attached hydrogens (tertiary/aromatic N) is 1. The first-order valence-electron chi connectivity index (χ1n) is 8.14. The smallest absolute Gasteiger partial charge is 0.303 e. The van der Waals surface area contributed by atoms with Crippen molar-refractivity contribution < 1.29 is 18.3 Å². The molecule has 1 heterocycles. The summed E-state index contributed by atoms with van der Waals surface area (Å²) in [5.74, 6) is -0.0484. The molecule has 124 valence electrons. The summed E-state index contributed by atoms with van der Waals surface area (Å²) in [6, 6.07) is 0. The summed E-state index contributed by atoms with van der Waals surface area (Å²) in [4.78, 5) is 12.6. The van der Waals surface area contributed by atoms with Crippen molar-refractivity contribution in [3.05, 3.63) is 0 Å². The summed E-state index contributed by atoms with van der Waals surface area (Å²) in [5, 5.41) is 8.51. The third-order valence-electron chi connectivity index (χ3n) is 4.05. The number of aliphatic carboxylic acids is 1. The highest BCUT2D eigenvalue weighted by Crippen LogP contribution is 2.11. The van der Waals surface area contributed by atoms with Gasteiger partial charge >= 0.3 is 5.97 Å². The second-order valence-corrected chi connectivity index (χ2v) is 8.27. The minimum atomic E-state index is -2.75. The highest BCUT2D eigenvalue weighted by molar-refractivity contribution is 7.91. The third-order valence-corrected chi connectivity index (χ3v) is 5.66. The first-order valence-corrected chi connectivity index (χ1v) is 9.96. The molecule has 1 aliphatic rings. The van der Waals surface area contributed by atoms with Crippen LogP contribution in [0.15, 0.2) is 0 Å². The van der Waals surface area contributed by atoms with Gasteiger partial charge in [-0.2, -0.15) is 0 Å². The lowest BCUT2D eigenvalue weighted by atomic mass is 10.1. The Bertz CT molecular complexity index is 380. The SMILES string of the molecule is O=C(O)CCCCCCCCCCN1CCS(=O)(=O)CC1. The number of hydrogen-bond donors (Lipinski definition) is 1. The Morgan fingerprint density at radius 2 is 1.33 bits per heavy atom. The first kappa shape index (κ1) is 18.4. The topological polar surface area (TPSA) is 74.7 Å².